The smallest absolute Gasteiger partial charge is 0.180 e. The summed E-state index contributed by atoms with van der Waals surface area (Å²) in [6, 6.07) is 7.77. The second-order valence-corrected chi connectivity index (χ2v) is 7.00. The lowest BCUT2D eigenvalue weighted by molar-refractivity contribution is 0.0994. The summed E-state index contributed by atoms with van der Waals surface area (Å²) in [5.41, 5.74) is 1.61. The minimum Gasteiger partial charge on any atom is -0.293 e. The lowest BCUT2D eigenvalue weighted by Crippen LogP contribution is -2.17. The van der Waals surface area contributed by atoms with Gasteiger partial charge in [0.1, 0.15) is 4.88 Å². The van der Waals surface area contributed by atoms with Crippen LogP contribution in [0.3, 0.4) is 0 Å². The average Bonchev–Trinajstić information content (AvgIpc) is 2.81. The van der Waals surface area contributed by atoms with Crippen LogP contribution in [0.2, 0.25) is 0 Å². The van der Waals surface area contributed by atoms with Gasteiger partial charge in [0.15, 0.2) is 5.78 Å². The molecule has 0 aliphatic heterocycles. The van der Waals surface area contributed by atoms with E-state index in [-0.39, 0.29) is 11.2 Å². The van der Waals surface area contributed by atoms with Crippen LogP contribution >= 0.6 is 27.5 Å². The van der Waals surface area contributed by atoms with Gasteiger partial charge in [0.25, 0.3) is 0 Å². The van der Waals surface area contributed by atoms with Crippen LogP contribution in [-0.2, 0) is 11.8 Å². The molecule has 0 radical (unpaired) electrons. The largest absolute Gasteiger partial charge is 0.293 e. The zero-order valence-corrected chi connectivity index (χ0v) is 13.5. The highest BCUT2D eigenvalue weighted by atomic mass is 79.9. The molecule has 5 heteroatoms. The van der Waals surface area contributed by atoms with Crippen molar-refractivity contribution < 1.29 is 4.79 Å². The summed E-state index contributed by atoms with van der Waals surface area (Å²) in [6.07, 6.45) is 0.369. The van der Waals surface area contributed by atoms with Gasteiger partial charge in [0.2, 0.25) is 0 Å². The fraction of sp³-hybridized carbons (Fsp3) is 0.357. The van der Waals surface area contributed by atoms with Crippen molar-refractivity contribution in [3.05, 3.63) is 44.9 Å². The second kappa shape index (κ2) is 5.51. The number of aromatic nitrogens is 2. The van der Waals surface area contributed by atoms with E-state index in [1.807, 2.05) is 45.0 Å². The van der Waals surface area contributed by atoms with Gasteiger partial charge >= 0.3 is 0 Å². The molecule has 0 spiro atoms. The lowest BCUT2D eigenvalue weighted by atomic mass is 9.90. The van der Waals surface area contributed by atoms with E-state index in [1.165, 1.54) is 11.5 Å². The number of ketones is 1. The van der Waals surface area contributed by atoms with Gasteiger partial charge in [-0.1, -0.05) is 59.4 Å². The van der Waals surface area contributed by atoms with E-state index in [1.54, 1.807) is 0 Å². The molecular weight excluding hydrogens is 324 g/mol. The van der Waals surface area contributed by atoms with E-state index < -0.39 is 0 Å². The SMILES string of the molecule is CC(C)(C)c1nnsc1C(=O)Cc1ccccc1Br. The third kappa shape index (κ3) is 3.28. The average molecular weight is 339 g/mol. The van der Waals surface area contributed by atoms with Gasteiger partial charge in [-0.15, -0.1) is 5.10 Å². The molecule has 100 valence electrons. The van der Waals surface area contributed by atoms with Gasteiger partial charge in [-0.2, -0.15) is 0 Å². The van der Waals surface area contributed by atoms with E-state index in [4.69, 9.17) is 0 Å². The predicted octanol–water partition coefficient (Wildman–Crippen LogP) is 4.02. The number of benzene rings is 1. The quantitative estimate of drug-likeness (QED) is 0.793. The van der Waals surface area contributed by atoms with Crippen molar-refractivity contribution in [3.8, 4) is 0 Å². The number of rotatable bonds is 3. The first-order chi connectivity index (χ1) is 8.89. The molecule has 0 saturated carbocycles. The maximum Gasteiger partial charge on any atom is 0.180 e. The maximum atomic E-state index is 12.4. The van der Waals surface area contributed by atoms with E-state index in [2.05, 4.69) is 25.5 Å². The maximum absolute atomic E-state index is 12.4. The summed E-state index contributed by atoms with van der Waals surface area (Å²) >= 11 is 4.65. The van der Waals surface area contributed by atoms with E-state index in [9.17, 15) is 4.79 Å². The molecule has 0 atom stereocenters. The summed E-state index contributed by atoms with van der Waals surface area (Å²) in [6.45, 7) is 6.12. The highest BCUT2D eigenvalue weighted by Crippen LogP contribution is 2.27. The number of halogens is 1. The van der Waals surface area contributed by atoms with Crippen LogP contribution in [0.25, 0.3) is 0 Å². The fourth-order valence-corrected chi connectivity index (χ4v) is 3.00. The molecule has 1 heterocycles. The van der Waals surface area contributed by atoms with Crippen molar-refractivity contribution in [1.82, 2.24) is 9.59 Å². The van der Waals surface area contributed by atoms with Crippen molar-refractivity contribution in [2.75, 3.05) is 0 Å². The molecule has 1 aromatic heterocycles. The molecular formula is C14H15BrN2OS. The fourth-order valence-electron chi connectivity index (χ4n) is 1.76. The van der Waals surface area contributed by atoms with Gasteiger partial charge in [-0.3, -0.25) is 4.79 Å². The molecule has 0 N–H and O–H groups in total. The summed E-state index contributed by atoms with van der Waals surface area (Å²) < 4.78 is 4.89. The Balaban J connectivity index is 2.27. The molecule has 2 rings (SSSR count). The number of carbonyl (C=O) groups excluding carboxylic acids is 1. The standard InChI is InChI=1S/C14H15BrN2OS/c1-14(2,3)13-12(19-17-16-13)11(18)8-9-6-4-5-7-10(9)15/h4-7H,8H2,1-3H3. The van der Waals surface area contributed by atoms with Crippen molar-refractivity contribution in [3.63, 3.8) is 0 Å². The molecule has 0 bridgehead atoms. The first-order valence-electron chi connectivity index (χ1n) is 5.99. The van der Waals surface area contributed by atoms with Crippen LogP contribution in [0.1, 0.15) is 41.7 Å². The Morgan fingerprint density at radius 2 is 2.00 bits per heavy atom. The van der Waals surface area contributed by atoms with E-state index in [0.29, 0.717) is 11.3 Å². The zero-order chi connectivity index (χ0) is 14.0. The Morgan fingerprint density at radius 1 is 1.32 bits per heavy atom. The zero-order valence-electron chi connectivity index (χ0n) is 11.1. The molecule has 1 aromatic carbocycles. The minimum atomic E-state index is -0.161. The number of nitrogens with zero attached hydrogens (tertiary/aromatic N) is 2. The molecule has 0 saturated heterocycles. The third-order valence-corrected chi connectivity index (χ3v) is 4.30. The predicted molar refractivity (Wildman–Crippen MR) is 80.8 cm³/mol. The van der Waals surface area contributed by atoms with Crippen LogP contribution in [-0.4, -0.2) is 15.4 Å². The van der Waals surface area contributed by atoms with E-state index in [0.717, 1.165) is 15.7 Å². The van der Waals surface area contributed by atoms with Gasteiger partial charge in [-0.05, 0) is 23.2 Å². The molecule has 0 fully saturated rings. The number of hydrogen-bond acceptors (Lipinski definition) is 4. The summed E-state index contributed by atoms with van der Waals surface area (Å²) in [4.78, 5) is 13.1. The van der Waals surface area contributed by atoms with Gasteiger partial charge in [0, 0.05) is 16.3 Å². The van der Waals surface area contributed by atoms with Crippen molar-refractivity contribution in [1.29, 1.82) is 0 Å². The molecule has 0 aliphatic carbocycles. The van der Waals surface area contributed by atoms with Gasteiger partial charge in [-0.25, -0.2) is 0 Å². The Bertz CT molecular complexity index is 601. The molecule has 0 unspecified atom stereocenters. The first kappa shape index (κ1) is 14.3. The Hall–Kier alpha value is -1.07. The van der Waals surface area contributed by atoms with Gasteiger partial charge < -0.3 is 0 Å². The molecule has 0 aliphatic rings. The van der Waals surface area contributed by atoms with Crippen LogP contribution in [0.4, 0.5) is 0 Å². The summed E-state index contributed by atoms with van der Waals surface area (Å²) in [5.74, 6) is 0.0758. The third-order valence-electron chi connectivity index (χ3n) is 2.76. The highest BCUT2D eigenvalue weighted by Gasteiger charge is 2.26. The molecule has 19 heavy (non-hydrogen) atoms. The monoisotopic (exact) mass is 338 g/mol. The van der Waals surface area contributed by atoms with Crippen molar-refractivity contribution in [2.45, 2.75) is 32.6 Å². The summed E-state index contributed by atoms with van der Waals surface area (Å²) in [5, 5.41) is 4.11. The minimum absolute atomic E-state index is 0.0758. The van der Waals surface area contributed by atoms with Crippen LogP contribution < -0.4 is 0 Å². The number of carbonyl (C=O) groups is 1. The van der Waals surface area contributed by atoms with Crippen molar-refractivity contribution in [2.24, 2.45) is 0 Å². The highest BCUT2D eigenvalue weighted by molar-refractivity contribution is 9.10. The number of hydrogen-bond donors (Lipinski definition) is 0. The summed E-state index contributed by atoms with van der Waals surface area (Å²) in [7, 11) is 0. The Morgan fingerprint density at radius 3 is 2.63 bits per heavy atom. The topological polar surface area (TPSA) is 42.9 Å². The van der Waals surface area contributed by atoms with Crippen LogP contribution in [0.15, 0.2) is 28.7 Å². The lowest BCUT2D eigenvalue weighted by Gasteiger charge is -2.16. The normalized spacial score (nSPS) is 11.6. The van der Waals surface area contributed by atoms with Gasteiger partial charge in [0.05, 0.1) is 5.69 Å². The van der Waals surface area contributed by atoms with Crippen LogP contribution in [0.5, 0.6) is 0 Å². The molecule has 0 amide bonds. The molecule has 3 nitrogen and oxygen atoms in total. The van der Waals surface area contributed by atoms with Crippen LogP contribution in [0, 0.1) is 0 Å². The Kier molecular flexibility index (Phi) is 4.16. The first-order valence-corrected chi connectivity index (χ1v) is 7.55. The molecule has 2 aromatic rings. The van der Waals surface area contributed by atoms with Crippen molar-refractivity contribution >= 4 is 33.2 Å². The van der Waals surface area contributed by atoms with E-state index >= 15 is 0 Å². The Labute approximate surface area is 125 Å². The second-order valence-electron chi connectivity index (χ2n) is 5.39. The number of Topliss-reactive ketones (excluding diaryl/α,β-unsaturated/α-hetero) is 1.